The lowest BCUT2D eigenvalue weighted by Crippen LogP contribution is -1.94. The average Bonchev–Trinajstić information content (AvgIpc) is 2.98. The normalized spacial score (nSPS) is 11.0. The molecule has 0 fully saturated rings. The monoisotopic (exact) mass is 306 g/mol. The maximum absolute atomic E-state index is 10.8. The molecule has 2 aromatic carbocycles. The van der Waals surface area contributed by atoms with Crippen LogP contribution in [-0.2, 0) is 4.79 Å². The third-order valence-corrected chi connectivity index (χ3v) is 3.31. The zero-order valence-corrected chi connectivity index (χ0v) is 12.1. The van der Waals surface area contributed by atoms with Crippen LogP contribution in [0.25, 0.3) is 23.0 Å². The van der Waals surface area contributed by atoms with Crippen LogP contribution in [0.5, 0.6) is 5.75 Å². The van der Waals surface area contributed by atoms with E-state index in [1.165, 1.54) is 6.08 Å². The molecule has 5 nitrogen and oxygen atoms in total. The number of hydrogen-bond acceptors (Lipinski definition) is 3. The number of aromatic nitrogens is 2. The molecule has 0 atom stereocenters. The Morgan fingerprint density at radius 3 is 2.39 bits per heavy atom. The zero-order valence-electron chi connectivity index (χ0n) is 12.1. The second-order valence-electron chi connectivity index (χ2n) is 4.93. The van der Waals surface area contributed by atoms with Gasteiger partial charge in [0.25, 0.3) is 0 Å². The van der Waals surface area contributed by atoms with Crippen LogP contribution in [-0.4, -0.2) is 26.0 Å². The van der Waals surface area contributed by atoms with Crippen LogP contribution in [0.3, 0.4) is 0 Å². The third-order valence-electron chi connectivity index (χ3n) is 3.31. The van der Waals surface area contributed by atoms with E-state index in [-0.39, 0.29) is 5.75 Å². The quantitative estimate of drug-likeness (QED) is 0.725. The number of nitrogens with zero attached hydrogens (tertiary/aromatic N) is 2. The van der Waals surface area contributed by atoms with Gasteiger partial charge in [0.15, 0.2) is 0 Å². The molecule has 3 rings (SSSR count). The van der Waals surface area contributed by atoms with Crippen LogP contribution in [0.15, 0.2) is 66.9 Å². The van der Waals surface area contributed by atoms with Crippen LogP contribution < -0.4 is 0 Å². The summed E-state index contributed by atoms with van der Waals surface area (Å²) in [5.74, 6) is -0.836. The van der Waals surface area contributed by atoms with Crippen LogP contribution in [0.2, 0.25) is 0 Å². The van der Waals surface area contributed by atoms with E-state index in [4.69, 9.17) is 5.11 Å². The molecule has 3 aromatic rings. The van der Waals surface area contributed by atoms with Crippen molar-refractivity contribution in [2.24, 2.45) is 0 Å². The van der Waals surface area contributed by atoms with E-state index in [0.29, 0.717) is 11.3 Å². The zero-order chi connectivity index (χ0) is 16.2. The second kappa shape index (κ2) is 6.19. The smallest absolute Gasteiger partial charge is 0.328 e. The van der Waals surface area contributed by atoms with E-state index in [1.54, 1.807) is 35.1 Å². The van der Waals surface area contributed by atoms with Crippen molar-refractivity contribution >= 4 is 12.0 Å². The lowest BCUT2D eigenvalue weighted by Gasteiger charge is -2.01. The fraction of sp³-hybridized carbons (Fsp3) is 0. The lowest BCUT2D eigenvalue weighted by atomic mass is 10.1. The minimum absolute atomic E-state index is 0.176. The first-order valence-corrected chi connectivity index (χ1v) is 6.99. The van der Waals surface area contributed by atoms with Crippen molar-refractivity contribution in [3.05, 3.63) is 72.4 Å². The molecule has 114 valence electrons. The molecule has 0 saturated carbocycles. The number of carbonyl (C=O) groups is 1. The van der Waals surface area contributed by atoms with E-state index in [2.05, 4.69) is 5.10 Å². The average molecular weight is 306 g/mol. The molecule has 0 saturated heterocycles. The highest BCUT2D eigenvalue weighted by atomic mass is 16.4. The molecule has 0 bridgehead atoms. The SMILES string of the molecule is O=C(O)/C=C/c1cn(-c2ccc(O)cc2)nc1-c1ccccc1. The fourth-order valence-electron chi connectivity index (χ4n) is 2.23. The van der Waals surface area contributed by atoms with Gasteiger partial charge in [-0.3, -0.25) is 0 Å². The van der Waals surface area contributed by atoms with Gasteiger partial charge in [-0.1, -0.05) is 30.3 Å². The molecule has 0 radical (unpaired) electrons. The fourth-order valence-corrected chi connectivity index (χ4v) is 2.23. The Morgan fingerprint density at radius 2 is 1.74 bits per heavy atom. The van der Waals surface area contributed by atoms with E-state index in [1.807, 2.05) is 30.3 Å². The third kappa shape index (κ3) is 3.29. The van der Waals surface area contributed by atoms with E-state index in [9.17, 15) is 9.90 Å². The van der Waals surface area contributed by atoms with Gasteiger partial charge in [0.2, 0.25) is 0 Å². The Balaban J connectivity index is 2.09. The van der Waals surface area contributed by atoms with Crippen LogP contribution in [0.1, 0.15) is 5.56 Å². The Morgan fingerprint density at radius 1 is 1.04 bits per heavy atom. The highest BCUT2D eigenvalue weighted by Crippen LogP contribution is 2.25. The summed E-state index contributed by atoms with van der Waals surface area (Å²) in [4.78, 5) is 10.8. The summed E-state index contributed by atoms with van der Waals surface area (Å²) < 4.78 is 1.66. The van der Waals surface area contributed by atoms with Gasteiger partial charge in [-0.05, 0) is 30.3 Å². The molecule has 0 unspecified atom stereocenters. The molecule has 0 aliphatic heterocycles. The van der Waals surface area contributed by atoms with Gasteiger partial charge in [-0.15, -0.1) is 0 Å². The number of carboxylic acids is 1. The van der Waals surface area contributed by atoms with Crippen molar-refractivity contribution in [3.8, 4) is 22.7 Å². The summed E-state index contributed by atoms with van der Waals surface area (Å²) >= 11 is 0. The number of benzene rings is 2. The minimum Gasteiger partial charge on any atom is -0.508 e. The predicted molar refractivity (Wildman–Crippen MR) is 87.3 cm³/mol. The van der Waals surface area contributed by atoms with Crippen LogP contribution in [0.4, 0.5) is 0 Å². The number of aliphatic carboxylic acids is 1. The van der Waals surface area contributed by atoms with Crippen molar-refractivity contribution in [2.75, 3.05) is 0 Å². The lowest BCUT2D eigenvalue weighted by molar-refractivity contribution is -0.131. The second-order valence-corrected chi connectivity index (χ2v) is 4.93. The van der Waals surface area contributed by atoms with Gasteiger partial charge in [-0.2, -0.15) is 5.10 Å². The maximum atomic E-state index is 10.8. The summed E-state index contributed by atoms with van der Waals surface area (Å²) in [5.41, 5.74) is 3.06. The summed E-state index contributed by atoms with van der Waals surface area (Å²) in [7, 11) is 0. The topological polar surface area (TPSA) is 75.3 Å². The molecule has 0 aliphatic rings. The summed E-state index contributed by atoms with van der Waals surface area (Å²) in [6.07, 6.45) is 4.37. The van der Waals surface area contributed by atoms with Gasteiger partial charge >= 0.3 is 5.97 Å². The predicted octanol–water partition coefficient (Wildman–Crippen LogP) is 3.34. The van der Waals surface area contributed by atoms with E-state index < -0.39 is 5.97 Å². The molecule has 0 amide bonds. The highest BCUT2D eigenvalue weighted by molar-refractivity contribution is 5.87. The van der Waals surface area contributed by atoms with Crippen molar-refractivity contribution in [1.82, 2.24) is 9.78 Å². The van der Waals surface area contributed by atoms with E-state index >= 15 is 0 Å². The van der Waals surface area contributed by atoms with Gasteiger partial charge in [-0.25, -0.2) is 9.48 Å². The summed E-state index contributed by atoms with van der Waals surface area (Å²) in [6, 6.07) is 16.2. The van der Waals surface area contributed by atoms with Gasteiger partial charge in [0.05, 0.1) is 11.4 Å². The van der Waals surface area contributed by atoms with Gasteiger partial charge < -0.3 is 10.2 Å². The molecule has 1 heterocycles. The molecule has 0 spiro atoms. The largest absolute Gasteiger partial charge is 0.508 e. The minimum atomic E-state index is -1.01. The molecule has 23 heavy (non-hydrogen) atoms. The standard InChI is InChI=1S/C18H14N2O3/c21-16-9-7-15(8-10-16)20-12-14(6-11-17(22)23)18(19-20)13-4-2-1-3-5-13/h1-12,21H,(H,22,23)/b11-6+. The van der Waals surface area contributed by atoms with Crippen molar-refractivity contribution < 1.29 is 15.0 Å². The Kier molecular flexibility index (Phi) is 3.93. The Hall–Kier alpha value is -3.34. The molecular formula is C18H14N2O3. The highest BCUT2D eigenvalue weighted by Gasteiger charge is 2.10. The van der Waals surface area contributed by atoms with Crippen LogP contribution >= 0.6 is 0 Å². The first-order valence-electron chi connectivity index (χ1n) is 6.99. The first-order chi connectivity index (χ1) is 11.1. The van der Waals surface area contributed by atoms with Crippen molar-refractivity contribution in [2.45, 2.75) is 0 Å². The summed E-state index contributed by atoms with van der Waals surface area (Å²) in [6.45, 7) is 0. The number of carboxylic acid groups (broad SMARTS) is 1. The number of phenolic OH excluding ortho intramolecular Hbond substituents is 1. The number of aromatic hydroxyl groups is 1. The number of hydrogen-bond donors (Lipinski definition) is 2. The molecule has 2 N–H and O–H groups in total. The summed E-state index contributed by atoms with van der Waals surface area (Å²) in [5, 5.41) is 22.8. The number of phenols is 1. The van der Waals surface area contributed by atoms with Crippen molar-refractivity contribution in [3.63, 3.8) is 0 Å². The van der Waals surface area contributed by atoms with Gasteiger partial charge in [0, 0.05) is 23.4 Å². The van der Waals surface area contributed by atoms with Crippen molar-refractivity contribution in [1.29, 1.82) is 0 Å². The first kappa shape index (κ1) is 14.6. The number of rotatable bonds is 4. The van der Waals surface area contributed by atoms with Crippen LogP contribution in [0, 0.1) is 0 Å². The Labute approximate surface area is 132 Å². The molecule has 1 aromatic heterocycles. The Bertz CT molecular complexity index is 850. The maximum Gasteiger partial charge on any atom is 0.328 e. The molecular weight excluding hydrogens is 292 g/mol. The molecule has 5 heteroatoms. The van der Waals surface area contributed by atoms with E-state index in [0.717, 1.165) is 17.3 Å². The molecule has 0 aliphatic carbocycles. The van der Waals surface area contributed by atoms with Gasteiger partial charge in [0.1, 0.15) is 5.75 Å².